The van der Waals surface area contributed by atoms with Crippen LogP contribution < -0.4 is 5.32 Å². The van der Waals surface area contributed by atoms with Crippen molar-refractivity contribution in [1.29, 1.82) is 0 Å². The van der Waals surface area contributed by atoms with Gasteiger partial charge in [-0.3, -0.25) is 24.0 Å². The lowest BCUT2D eigenvalue weighted by molar-refractivity contribution is -0.225. The molecule has 8 atom stereocenters. The fraction of sp³-hybridized carbons (Fsp3) is 0.640. The van der Waals surface area contributed by atoms with Gasteiger partial charge in [0.15, 0.2) is 11.8 Å². The Morgan fingerprint density at radius 1 is 0.954 bits per heavy atom. The Hall–Kier alpha value is -4.38. The molecule has 0 aromatic heterocycles. The number of hydroxylamine groups is 2. The second kappa shape index (κ2) is 22.4. The Balaban J connectivity index is 1.35. The second-order valence-electron chi connectivity index (χ2n) is 19.0. The first-order valence-corrected chi connectivity index (χ1v) is 23.6. The van der Waals surface area contributed by atoms with Gasteiger partial charge in [-0.25, -0.2) is 0 Å². The van der Waals surface area contributed by atoms with Gasteiger partial charge < -0.3 is 44.1 Å². The molecule has 2 aromatic carbocycles. The van der Waals surface area contributed by atoms with E-state index in [2.05, 4.69) is 19.2 Å². The van der Waals surface area contributed by atoms with Gasteiger partial charge in [0, 0.05) is 39.2 Å². The van der Waals surface area contributed by atoms with Crippen molar-refractivity contribution in [1.82, 2.24) is 15.3 Å². The van der Waals surface area contributed by atoms with Gasteiger partial charge in [0.25, 0.3) is 0 Å². The lowest BCUT2D eigenvalue weighted by Crippen LogP contribution is -2.70. The summed E-state index contributed by atoms with van der Waals surface area (Å²) >= 11 is 0. The standard InChI is InChI=1S/C50H71N3O12/c1-7-9-14-25-49(26-15-10-8-2)63-41-39-31-50(43(46(58)61-39)53(65-44(50)42(41)64-49)32-36-20-18-34(19-21-36)24-28-60-29-27-54)47(59)52(6)38(30-35-16-12-11-13-17-35)45(57)51-37(33-55)22-23-40(56)62-48(3,4)5/h11-13,16-21,24,28,37-39,41-44,54-55H,7-10,14-15,22-23,25-27,29-33H2,1-6H3,(H,51,57)/t37-,38+,39+,41-,42-,43-,44+,50-/m0/s1. The zero-order valence-electron chi connectivity index (χ0n) is 39.1. The van der Waals surface area contributed by atoms with Crippen molar-refractivity contribution < 1.29 is 57.9 Å². The number of esters is 2. The van der Waals surface area contributed by atoms with Crippen molar-refractivity contribution in [3.05, 3.63) is 77.5 Å². The third-order valence-electron chi connectivity index (χ3n) is 12.9. The monoisotopic (exact) mass is 906 g/mol. The van der Waals surface area contributed by atoms with E-state index in [0.717, 1.165) is 55.2 Å². The largest absolute Gasteiger partial charge is 0.499 e. The topological polar surface area (TPSA) is 183 Å². The van der Waals surface area contributed by atoms with E-state index in [-0.39, 0.29) is 45.4 Å². The lowest BCUT2D eigenvalue weighted by Gasteiger charge is -2.50. The number of hydrogen-bond donors (Lipinski definition) is 3. The van der Waals surface area contributed by atoms with E-state index in [1.54, 1.807) is 39.0 Å². The molecule has 0 radical (unpaired) electrons. The summed E-state index contributed by atoms with van der Waals surface area (Å²) in [7, 11) is 1.58. The first-order valence-electron chi connectivity index (χ1n) is 23.6. The summed E-state index contributed by atoms with van der Waals surface area (Å²) in [5, 5.41) is 23.9. The van der Waals surface area contributed by atoms with Gasteiger partial charge in [-0.2, -0.15) is 5.06 Å². The molecule has 6 rings (SSSR count). The molecule has 1 saturated carbocycles. The molecule has 65 heavy (non-hydrogen) atoms. The minimum atomic E-state index is -1.54. The molecule has 0 spiro atoms. The number of hydrogen-bond acceptors (Lipinski definition) is 13. The van der Waals surface area contributed by atoms with Crippen LogP contribution in [0.2, 0.25) is 0 Å². The van der Waals surface area contributed by atoms with Crippen LogP contribution >= 0.6 is 0 Å². The Morgan fingerprint density at radius 2 is 1.63 bits per heavy atom. The number of likely N-dealkylation sites (N-methyl/N-ethyl adjacent to an activating group) is 1. The maximum absolute atomic E-state index is 15.8. The first kappa shape index (κ1) is 50.0. The molecule has 358 valence electrons. The Morgan fingerprint density at radius 3 is 2.26 bits per heavy atom. The summed E-state index contributed by atoms with van der Waals surface area (Å²) in [6, 6.07) is 13.8. The molecule has 3 N–H and O–H groups in total. The predicted molar refractivity (Wildman–Crippen MR) is 241 cm³/mol. The first-order chi connectivity index (χ1) is 31.2. The molecule has 2 aromatic rings. The zero-order valence-corrected chi connectivity index (χ0v) is 39.1. The molecule has 3 heterocycles. The number of unbranched alkanes of at least 4 members (excludes halogenated alkanes) is 4. The Bertz CT molecular complexity index is 1910. The van der Waals surface area contributed by atoms with Gasteiger partial charge >= 0.3 is 11.9 Å². The van der Waals surface area contributed by atoms with E-state index in [9.17, 15) is 19.5 Å². The van der Waals surface area contributed by atoms with Gasteiger partial charge in [0.05, 0.1) is 32.1 Å². The maximum atomic E-state index is 15.8. The number of nitrogens with one attached hydrogen (secondary N) is 1. The number of carbonyl (C=O) groups excluding carboxylic acids is 4. The van der Waals surface area contributed by atoms with Gasteiger partial charge in [0.2, 0.25) is 11.8 Å². The predicted octanol–water partition coefficient (Wildman–Crippen LogP) is 5.78. The number of aliphatic hydroxyl groups excluding tert-OH is 2. The number of ether oxygens (including phenoxy) is 5. The van der Waals surface area contributed by atoms with E-state index >= 15 is 4.79 Å². The van der Waals surface area contributed by atoms with Crippen molar-refractivity contribution in [2.75, 3.05) is 26.9 Å². The summed E-state index contributed by atoms with van der Waals surface area (Å²) in [6.07, 6.45) is 7.40. The molecular weight excluding hydrogens is 835 g/mol. The highest BCUT2D eigenvalue weighted by molar-refractivity contribution is 5.96. The molecule has 3 saturated heterocycles. The number of rotatable bonds is 24. The molecule has 15 heteroatoms. The van der Waals surface area contributed by atoms with E-state index in [1.165, 1.54) is 11.2 Å². The zero-order chi connectivity index (χ0) is 46.8. The number of aliphatic hydroxyl groups is 2. The molecule has 2 amide bonds. The van der Waals surface area contributed by atoms with Crippen LogP contribution in [-0.2, 0) is 60.7 Å². The van der Waals surface area contributed by atoms with Gasteiger partial charge in [-0.1, -0.05) is 94.1 Å². The molecule has 15 nitrogen and oxygen atoms in total. The third kappa shape index (κ3) is 12.0. The van der Waals surface area contributed by atoms with Gasteiger partial charge in [-0.05, 0) is 62.8 Å². The van der Waals surface area contributed by atoms with Crippen molar-refractivity contribution >= 4 is 29.8 Å². The van der Waals surface area contributed by atoms with E-state index in [1.807, 2.05) is 54.6 Å². The van der Waals surface area contributed by atoms with Crippen LogP contribution in [-0.4, -0.2) is 125 Å². The van der Waals surface area contributed by atoms with Crippen LogP contribution in [0.1, 0.15) is 122 Å². The molecule has 2 bridgehead atoms. The lowest BCUT2D eigenvalue weighted by atomic mass is 9.62. The Labute approximate surface area is 384 Å². The molecule has 0 unspecified atom stereocenters. The van der Waals surface area contributed by atoms with Crippen molar-refractivity contribution in [2.24, 2.45) is 5.41 Å². The summed E-state index contributed by atoms with van der Waals surface area (Å²) in [5.74, 6) is -3.03. The maximum Gasteiger partial charge on any atom is 0.327 e. The van der Waals surface area contributed by atoms with E-state index in [0.29, 0.717) is 12.8 Å². The smallest absolute Gasteiger partial charge is 0.327 e. The fourth-order valence-corrected chi connectivity index (χ4v) is 9.74. The third-order valence-corrected chi connectivity index (χ3v) is 12.9. The van der Waals surface area contributed by atoms with Gasteiger partial charge in [0.1, 0.15) is 48.1 Å². The van der Waals surface area contributed by atoms with Crippen LogP contribution in [0.5, 0.6) is 0 Å². The Kier molecular flexibility index (Phi) is 17.3. The quantitative estimate of drug-likeness (QED) is 0.0656. The van der Waals surface area contributed by atoms with E-state index < -0.39 is 89.7 Å². The molecule has 1 aliphatic carbocycles. The highest BCUT2D eigenvalue weighted by Crippen LogP contribution is 2.58. The van der Waals surface area contributed by atoms with Crippen LogP contribution in [0.3, 0.4) is 0 Å². The number of carbonyl (C=O) groups is 4. The van der Waals surface area contributed by atoms with Crippen LogP contribution in [0.25, 0.3) is 6.08 Å². The summed E-state index contributed by atoms with van der Waals surface area (Å²) < 4.78 is 31.1. The van der Waals surface area contributed by atoms with E-state index in [4.69, 9.17) is 33.6 Å². The molecule has 4 fully saturated rings. The summed E-state index contributed by atoms with van der Waals surface area (Å²) in [6.45, 7) is 9.38. The average Bonchev–Trinajstić information content (AvgIpc) is 3.84. The van der Waals surface area contributed by atoms with Crippen LogP contribution in [0.15, 0.2) is 60.9 Å². The highest BCUT2D eigenvalue weighted by atomic mass is 16.8. The minimum absolute atomic E-state index is 0.0362. The second-order valence-corrected chi connectivity index (χ2v) is 19.0. The van der Waals surface area contributed by atoms with Crippen molar-refractivity contribution in [2.45, 2.75) is 172 Å². The summed E-state index contributed by atoms with van der Waals surface area (Å²) in [5.41, 5.74) is 0.214. The van der Waals surface area contributed by atoms with Crippen molar-refractivity contribution in [3.8, 4) is 0 Å². The number of amides is 2. The minimum Gasteiger partial charge on any atom is -0.499 e. The van der Waals surface area contributed by atoms with Crippen LogP contribution in [0, 0.1) is 5.41 Å². The normalized spacial score (nSPS) is 25.4. The molecular formula is C50H71N3O12. The number of benzene rings is 2. The molecule has 4 aliphatic rings. The van der Waals surface area contributed by atoms with Crippen molar-refractivity contribution in [3.63, 3.8) is 0 Å². The number of fused-ring (bicyclic) bond motifs is 4. The average molecular weight is 906 g/mol. The fourth-order valence-electron chi connectivity index (χ4n) is 9.74. The van der Waals surface area contributed by atoms with Crippen LogP contribution in [0.4, 0.5) is 0 Å². The van der Waals surface area contributed by atoms with Gasteiger partial charge in [-0.15, -0.1) is 0 Å². The highest BCUT2D eigenvalue weighted by Gasteiger charge is 2.76. The number of nitrogens with zero attached hydrogens (tertiary/aromatic N) is 2. The SMILES string of the molecule is CCCCCC1(CCCCC)O[C@@H]2[C@H](O1)[C@H]1ON(Cc3ccc(C=COCCO)cc3)[C@H]3C(=O)O[C@@H]2C[C@@]13C(=O)N(C)[C@H](Cc1ccccc1)C(=O)N[C@H](CO)CCC(=O)OC(C)(C)C. The molecule has 3 aliphatic heterocycles. The summed E-state index contributed by atoms with van der Waals surface area (Å²) in [4.78, 5) is 65.9.